The molecule has 2 aromatic heterocycles. The van der Waals surface area contributed by atoms with Gasteiger partial charge in [-0.25, -0.2) is 14.9 Å². The zero-order chi connectivity index (χ0) is 20.8. The van der Waals surface area contributed by atoms with Gasteiger partial charge in [0.25, 0.3) is 5.91 Å². The fourth-order valence-corrected chi connectivity index (χ4v) is 2.80. The van der Waals surface area contributed by atoms with E-state index in [0.29, 0.717) is 35.0 Å². The molecule has 1 aromatic carbocycles. The number of anilines is 2. The molecule has 3 aromatic rings. The van der Waals surface area contributed by atoms with Gasteiger partial charge in [0.05, 0.1) is 42.5 Å². The molecule has 3 rings (SSSR count). The van der Waals surface area contributed by atoms with Crippen molar-refractivity contribution in [1.29, 1.82) is 0 Å². The number of nitrogens with one attached hydrogen (secondary N) is 2. The second-order valence-corrected chi connectivity index (χ2v) is 6.18. The zero-order valence-electron chi connectivity index (χ0n) is 15.7. The van der Waals surface area contributed by atoms with E-state index in [-0.39, 0.29) is 10.7 Å². The van der Waals surface area contributed by atoms with Crippen LogP contribution in [0, 0.1) is 5.82 Å². The summed E-state index contributed by atoms with van der Waals surface area (Å²) >= 11 is 6.02. The predicted molar refractivity (Wildman–Crippen MR) is 108 cm³/mol. The highest BCUT2D eigenvalue weighted by atomic mass is 35.5. The van der Waals surface area contributed by atoms with Crippen molar-refractivity contribution in [3.05, 3.63) is 65.3 Å². The second kappa shape index (κ2) is 9.31. The molecule has 0 saturated heterocycles. The summed E-state index contributed by atoms with van der Waals surface area (Å²) in [6, 6.07) is 9.75. The Morgan fingerprint density at radius 3 is 2.69 bits per heavy atom. The summed E-state index contributed by atoms with van der Waals surface area (Å²) in [5.41, 5.74) is 4.71. The van der Waals surface area contributed by atoms with Crippen molar-refractivity contribution in [2.75, 3.05) is 19.0 Å². The SMILES string of the molecule is CCONC(=O)c1cnc(Cl)cc1Nc1cccc(-c2ccc(F)cn2)c1OC. The minimum absolute atomic E-state index is 0.204. The van der Waals surface area contributed by atoms with E-state index in [9.17, 15) is 9.18 Å². The Kier molecular flexibility index (Phi) is 6.58. The molecule has 0 spiro atoms. The summed E-state index contributed by atoms with van der Waals surface area (Å²) in [6.45, 7) is 2.06. The maximum atomic E-state index is 13.2. The maximum Gasteiger partial charge on any atom is 0.278 e. The number of benzene rings is 1. The third kappa shape index (κ3) is 4.79. The molecule has 0 aliphatic carbocycles. The van der Waals surface area contributed by atoms with Crippen molar-refractivity contribution in [3.8, 4) is 17.0 Å². The molecule has 7 nitrogen and oxygen atoms in total. The smallest absolute Gasteiger partial charge is 0.278 e. The number of amides is 1. The molecule has 0 aliphatic heterocycles. The number of aromatic nitrogens is 2. The molecule has 0 aliphatic rings. The number of pyridine rings is 2. The van der Waals surface area contributed by atoms with Gasteiger partial charge in [0.1, 0.15) is 11.0 Å². The van der Waals surface area contributed by atoms with E-state index in [1.165, 1.54) is 25.4 Å². The third-order valence-corrected chi connectivity index (χ3v) is 4.12. The van der Waals surface area contributed by atoms with E-state index in [4.69, 9.17) is 21.2 Å². The number of ether oxygens (including phenoxy) is 1. The summed E-state index contributed by atoms with van der Waals surface area (Å²) in [7, 11) is 1.51. The number of carbonyl (C=O) groups is 1. The highest BCUT2D eigenvalue weighted by Crippen LogP contribution is 2.37. The summed E-state index contributed by atoms with van der Waals surface area (Å²) in [6.07, 6.45) is 2.48. The quantitative estimate of drug-likeness (QED) is 0.439. The van der Waals surface area contributed by atoms with Gasteiger partial charge in [-0.2, -0.15) is 0 Å². The van der Waals surface area contributed by atoms with Gasteiger partial charge in [0.15, 0.2) is 5.75 Å². The highest BCUT2D eigenvalue weighted by Gasteiger charge is 2.17. The standard InChI is InChI=1S/C20H18ClFN4O3/c1-3-29-26-20(27)14-11-24-18(21)9-17(14)25-16-6-4-5-13(19(16)28-2)15-8-7-12(22)10-23-15/h4-11H,3H2,1-2H3,(H,24,25)(H,26,27). The van der Waals surface area contributed by atoms with Crippen LogP contribution in [-0.4, -0.2) is 29.6 Å². The second-order valence-electron chi connectivity index (χ2n) is 5.79. The van der Waals surface area contributed by atoms with E-state index >= 15 is 0 Å². The first-order chi connectivity index (χ1) is 14.0. The van der Waals surface area contributed by atoms with Gasteiger partial charge in [0.2, 0.25) is 0 Å². The molecule has 0 atom stereocenters. The van der Waals surface area contributed by atoms with Crippen molar-refractivity contribution in [2.45, 2.75) is 6.92 Å². The van der Waals surface area contributed by atoms with Gasteiger partial charge in [-0.15, -0.1) is 0 Å². The van der Waals surface area contributed by atoms with Crippen molar-refractivity contribution in [3.63, 3.8) is 0 Å². The molecule has 0 saturated carbocycles. The third-order valence-electron chi connectivity index (χ3n) is 3.92. The lowest BCUT2D eigenvalue weighted by molar-refractivity contribution is 0.0365. The van der Waals surface area contributed by atoms with Crippen LogP contribution in [0.3, 0.4) is 0 Å². The van der Waals surface area contributed by atoms with Crippen LogP contribution < -0.4 is 15.5 Å². The summed E-state index contributed by atoms with van der Waals surface area (Å²) in [5, 5.41) is 3.35. The van der Waals surface area contributed by atoms with Crippen LogP contribution in [-0.2, 0) is 4.84 Å². The van der Waals surface area contributed by atoms with Crippen molar-refractivity contribution < 1.29 is 18.8 Å². The van der Waals surface area contributed by atoms with Crippen molar-refractivity contribution in [1.82, 2.24) is 15.4 Å². The fraction of sp³-hybridized carbons (Fsp3) is 0.150. The number of halogens is 2. The average Bonchev–Trinajstić information content (AvgIpc) is 2.72. The Bertz CT molecular complexity index is 1020. The van der Waals surface area contributed by atoms with Crippen LogP contribution in [0.1, 0.15) is 17.3 Å². The first-order valence-electron chi connectivity index (χ1n) is 8.67. The van der Waals surface area contributed by atoms with Crippen LogP contribution >= 0.6 is 11.6 Å². The predicted octanol–water partition coefficient (Wildman–Crippen LogP) is 4.37. The van der Waals surface area contributed by atoms with E-state index < -0.39 is 11.7 Å². The largest absolute Gasteiger partial charge is 0.494 e. The van der Waals surface area contributed by atoms with Crippen molar-refractivity contribution >= 4 is 28.9 Å². The molecule has 0 bridgehead atoms. The van der Waals surface area contributed by atoms with E-state index in [1.54, 1.807) is 31.2 Å². The van der Waals surface area contributed by atoms with Crippen LogP contribution in [0.25, 0.3) is 11.3 Å². The molecule has 2 heterocycles. The van der Waals surface area contributed by atoms with Gasteiger partial charge in [-0.05, 0) is 37.3 Å². The number of hydroxylamine groups is 1. The minimum atomic E-state index is -0.478. The number of rotatable bonds is 7. The van der Waals surface area contributed by atoms with Gasteiger partial charge < -0.3 is 10.1 Å². The van der Waals surface area contributed by atoms with Crippen molar-refractivity contribution in [2.24, 2.45) is 0 Å². The molecule has 9 heteroatoms. The Balaban J connectivity index is 2.00. The summed E-state index contributed by atoms with van der Waals surface area (Å²) in [4.78, 5) is 25.4. The lowest BCUT2D eigenvalue weighted by Crippen LogP contribution is -2.24. The van der Waals surface area contributed by atoms with Crippen LogP contribution in [0.15, 0.2) is 48.8 Å². The Hall–Kier alpha value is -3.23. The average molecular weight is 417 g/mol. The molecule has 1 amide bonds. The van der Waals surface area contributed by atoms with Gasteiger partial charge in [-0.1, -0.05) is 17.7 Å². The first-order valence-corrected chi connectivity index (χ1v) is 9.05. The van der Waals surface area contributed by atoms with Gasteiger partial charge >= 0.3 is 0 Å². The van der Waals surface area contributed by atoms with Crippen LogP contribution in [0.2, 0.25) is 5.15 Å². The molecule has 0 unspecified atom stereocenters. The number of hydrogen-bond acceptors (Lipinski definition) is 6. The first kappa shape index (κ1) is 20.5. The molecule has 29 heavy (non-hydrogen) atoms. The fourth-order valence-electron chi connectivity index (χ4n) is 2.64. The lowest BCUT2D eigenvalue weighted by atomic mass is 10.1. The molecular formula is C20H18ClFN4O3. The van der Waals surface area contributed by atoms with Crippen LogP contribution in [0.5, 0.6) is 5.75 Å². The minimum Gasteiger partial charge on any atom is -0.494 e. The normalized spacial score (nSPS) is 10.5. The summed E-state index contributed by atoms with van der Waals surface area (Å²) < 4.78 is 18.8. The topological polar surface area (TPSA) is 85.4 Å². The number of methoxy groups -OCH3 is 1. The molecule has 0 fully saturated rings. The molecule has 2 N–H and O–H groups in total. The van der Waals surface area contributed by atoms with Gasteiger partial charge in [0, 0.05) is 11.8 Å². The zero-order valence-corrected chi connectivity index (χ0v) is 16.5. The lowest BCUT2D eigenvalue weighted by Gasteiger charge is -2.17. The van der Waals surface area contributed by atoms with Gasteiger partial charge in [-0.3, -0.25) is 14.6 Å². The summed E-state index contributed by atoms with van der Waals surface area (Å²) in [5.74, 6) is -0.442. The molecule has 150 valence electrons. The number of carbonyl (C=O) groups excluding carboxylic acids is 1. The maximum absolute atomic E-state index is 13.2. The molecule has 0 radical (unpaired) electrons. The highest BCUT2D eigenvalue weighted by molar-refractivity contribution is 6.29. The number of para-hydroxylation sites is 1. The van der Waals surface area contributed by atoms with Crippen LogP contribution in [0.4, 0.5) is 15.8 Å². The van der Waals surface area contributed by atoms with E-state index in [2.05, 4.69) is 20.8 Å². The van der Waals surface area contributed by atoms with E-state index in [1.807, 2.05) is 0 Å². The Morgan fingerprint density at radius 1 is 1.17 bits per heavy atom. The number of nitrogens with zero attached hydrogens (tertiary/aromatic N) is 2. The van der Waals surface area contributed by atoms with E-state index in [0.717, 1.165) is 6.20 Å². The monoisotopic (exact) mass is 416 g/mol. The Labute approximate surface area is 171 Å². The number of hydrogen-bond donors (Lipinski definition) is 2. The molecular weight excluding hydrogens is 399 g/mol. The Morgan fingerprint density at radius 2 is 2.00 bits per heavy atom.